The van der Waals surface area contributed by atoms with Gasteiger partial charge in [-0.3, -0.25) is 0 Å². The van der Waals surface area contributed by atoms with Crippen molar-refractivity contribution in [1.82, 2.24) is 0 Å². The first-order valence-electron chi connectivity index (χ1n) is 5.02. The van der Waals surface area contributed by atoms with Crippen LogP contribution in [-0.2, 0) is 0 Å². The Morgan fingerprint density at radius 3 is 2.62 bits per heavy atom. The minimum atomic E-state index is 0.295. The Bertz CT molecular complexity index is 293. The molecule has 0 aromatic heterocycles. The lowest BCUT2D eigenvalue weighted by atomic mass is 9.78. The molecule has 2 unspecified atom stereocenters. The molecule has 0 saturated carbocycles. The maximum Gasteiger partial charge on any atom is 0.0499 e. The highest BCUT2D eigenvalue weighted by Crippen LogP contribution is 2.37. The summed E-state index contributed by atoms with van der Waals surface area (Å²) >= 11 is 0. The predicted molar refractivity (Wildman–Crippen MR) is 53.9 cm³/mol. The van der Waals surface area contributed by atoms with Crippen LogP contribution in [0.1, 0.15) is 42.7 Å². The highest BCUT2D eigenvalue weighted by atomic mass is 16.3. The zero-order valence-electron chi connectivity index (χ0n) is 8.03. The third-order valence-corrected chi connectivity index (χ3v) is 3.14. The molecule has 0 bridgehead atoms. The van der Waals surface area contributed by atoms with Crippen molar-refractivity contribution < 1.29 is 5.11 Å². The summed E-state index contributed by atoms with van der Waals surface area (Å²) in [5.74, 6) is 1.05. The average Bonchev–Trinajstić information content (AvgIpc) is 2.19. The van der Waals surface area contributed by atoms with Crippen molar-refractivity contribution in [1.29, 1.82) is 0 Å². The van der Waals surface area contributed by atoms with Gasteiger partial charge in [0.25, 0.3) is 0 Å². The van der Waals surface area contributed by atoms with Crippen LogP contribution >= 0.6 is 0 Å². The maximum atomic E-state index is 9.22. The topological polar surface area (TPSA) is 20.2 Å². The number of hydrogen-bond donors (Lipinski definition) is 1. The molecule has 1 aromatic rings. The third kappa shape index (κ3) is 1.49. The van der Waals surface area contributed by atoms with Crippen LogP contribution < -0.4 is 0 Å². The molecule has 2 atom stereocenters. The van der Waals surface area contributed by atoms with E-state index in [1.807, 2.05) is 0 Å². The van der Waals surface area contributed by atoms with Gasteiger partial charge in [0.2, 0.25) is 0 Å². The van der Waals surface area contributed by atoms with Gasteiger partial charge < -0.3 is 5.11 Å². The minimum absolute atomic E-state index is 0.295. The van der Waals surface area contributed by atoms with Gasteiger partial charge in [0.1, 0.15) is 0 Å². The first kappa shape index (κ1) is 8.76. The Labute approximate surface area is 79.4 Å². The third-order valence-electron chi connectivity index (χ3n) is 3.14. The molecular formula is C12H16O. The normalized spacial score (nSPS) is 26.9. The molecule has 0 spiro atoms. The van der Waals surface area contributed by atoms with Crippen molar-refractivity contribution in [2.24, 2.45) is 0 Å². The molecule has 2 rings (SSSR count). The second-order valence-electron chi connectivity index (χ2n) is 3.99. The van der Waals surface area contributed by atoms with Crippen molar-refractivity contribution in [3.05, 3.63) is 35.4 Å². The Hall–Kier alpha value is -0.820. The highest BCUT2D eigenvalue weighted by Gasteiger charge is 2.23. The second kappa shape index (κ2) is 3.51. The monoisotopic (exact) mass is 176 g/mol. The average molecular weight is 176 g/mol. The zero-order chi connectivity index (χ0) is 9.26. The fourth-order valence-corrected chi connectivity index (χ4v) is 2.28. The van der Waals surface area contributed by atoms with Crippen LogP contribution in [0, 0.1) is 0 Å². The first-order chi connectivity index (χ1) is 6.33. The van der Waals surface area contributed by atoms with E-state index in [0.29, 0.717) is 18.4 Å². The summed E-state index contributed by atoms with van der Waals surface area (Å²) in [5, 5.41) is 9.22. The summed E-state index contributed by atoms with van der Waals surface area (Å²) in [6, 6.07) is 8.52. The van der Waals surface area contributed by atoms with Crippen LogP contribution in [0.5, 0.6) is 0 Å². The number of hydrogen-bond acceptors (Lipinski definition) is 1. The quantitative estimate of drug-likeness (QED) is 0.697. The molecule has 1 aliphatic rings. The minimum Gasteiger partial charge on any atom is -0.396 e. The lowest BCUT2D eigenvalue weighted by Gasteiger charge is -2.28. The van der Waals surface area contributed by atoms with E-state index in [0.717, 1.165) is 6.42 Å². The van der Waals surface area contributed by atoms with E-state index in [1.54, 1.807) is 0 Å². The van der Waals surface area contributed by atoms with E-state index >= 15 is 0 Å². The number of aliphatic hydroxyl groups is 1. The summed E-state index contributed by atoms with van der Waals surface area (Å²) in [7, 11) is 0. The fourth-order valence-electron chi connectivity index (χ4n) is 2.28. The summed E-state index contributed by atoms with van der Waals surface area (Å²) in [6.45, 7) is 2.57. The Morgan fingerprint density at radius 1 is 1.23 bits per heavy atom. The molecule has 0 aliphatic heterocycles. The molecule has 0 amide bonds. The lowest BCUT2D eigenvalue weighted by molar-refractivity contribution is 0.249. The van der Waals surface area contributed by atoms with Crippen molar-refractivity contribution >= 4 is 0 Å². The maximum absolute atomic E-state index is 9.22. The Balaban J connectivity index is 2.42. The van der Waals surface area contributed by atoms with E-state index in [4.69, 9.17) is 0 Å². The van der Waals surface area contributed by atoms with Crippen molar-refractivity contribution in [3.8, 4) is 0 Å². The Kier molecular flexibility index (Phi) is 2.36. The summed E-state index contributed by atoms with van der Waals surface area (Å²) in [5.41, 5.74) is 2.80. The largest absolute Gasteiger partial charge is 0.396 e. The number of fused-ring (bicyclic) bond motifs is 1. The molecule has 70 valence electrons. The molecule has 1 nitrogen and oxygen atoms in total. The van der Waals surface area contributed by atoms with Crippen LogP contribution in [0.25, 0.3) is 0 Å². The number of rotatable bonds is 1. The van der Waals surface area contributed by atoms with Gasteiger partial charge in [0.15, 0.2) is 0 Å². The van der Waals surface area contributed by atoms with Gasteiger partial charge in [-0.1, -0.05) is 31.2 Å². The molecule has 1 aliphatic carbocycles. The zero-order valence-corrected chi connectivity index (χ0v) is 8.03. The lowest BCUT2D eigenvalue weighted by Crippen LogP contribution is -2.15. The van der Waals surface area contributed by atoms with Crippen molar-refractivity contribution in [2.75, 3.05) is 6.61 Å². The summed E-state index contributed by atoms with van der Waals surface area (Å²) in [6.07, 6.45) is 2.34. The molecular weight excluding hydrogens is 160 g/mol. The molecule has 0 saturated heterocycles. The van der Waals surface area contributed by atoms with Crippen LogP contribution in [0.4, 0.5) is 0 Å². The van der Waals surface area contributed by atoms with E-state index in [-0.39, 0.29) is 0 Å². The van der Waals surface area contributed by atoms with E-state index in [9.17, 15) is 5.11 Å². The van der Waals surface area contributed by atoms with E-state index in [1.165, 1.54) is 17.5 Å². The number of benzene rings is 1. The first-order valence-corrected chi connectivity index (χ1v) is 5.02. The van der Waals surface area contributed by atoms with Crippen LogP contribution in [0.3, 0.4) is 0 Å². The van der Waals surface area contributed by atoms with Crippen molar-refractivity contribution in [2.45, 2.75) is 31.6 Å². The highest BCUT2D eigenvalue weighted by molar-refractivity contribution is 5.35. The van der Waals surface area contributed by atoms with Gasteiger partial charge in [-0.15, -0.1) is 0 Å². The van der Waals surface area contributed by atoms with E-state index < -0.39 is 0 Å². The molecule has 0 heterocycles. The predicted octanol–water partition coefficient (Wildman–Crippen LogP) is 2.66. The van der Waals surface area contributed by atoms with Crippen LogP contribution in [-0.4, -0.2) is 11.7 Å². The fraction of sp³-hybridized carbons (Fsp3) is 0.500. The van der Waals surface area contributed by atoms with Crippen LogP contribution in [0.2, 0.25) is 0 Å². The SMILES string of the molecule is CC1CCC(CO)c2ccccc21. The van der Waals surface area contributed by atoms with E-state index in [2.05, 4.69) is 31.2 Å². The molecule has 1 aromatic carbocycles. The van der Waals surface area contributed by atoms with Crippen molar-refractivity contribution in [3.63, 3.8) is 0 Å². The summed E-state index contributed by atoms with van der Waals surface area (Å²) < 4.78 is 0. The molecule has 13 heavy (non-hydrogen) atoms. The standard InChI is InChI=1S/C12H16O/c1-9-6-7-10(8-13)12-5-3-2-4-11(9)12/h2-5,9-10,13H,6-8H2,1H3. The second-order valence-corrected chi connectivity index (χ2v) is 3.99. The van der Waals surface area contributed by atoms with Gasteiger partial charge in [-0.25, -0.2) is 0 Å². The molecule has 0 fully saturated rings. The van der Waals surface area contributed by atoms with Gasteiger partial charge in [-0.2, -0.15) is 0 Å². The van der Waals surface area contributed by atoms with Gasteiger partial charge >= 0.3 is 0 Å². The van der Waals surface area contributed by atoms with Gasteiger partial charge in [0.05, 0.1) is 0 Å². The van der Waals surface area contributed by atoms with Gasteiger partial charge in [-0.05, 0) is 29.9 Å². The van der Waals surface area contributed by atoms with Crippen LogP contribution in [0.15, 0.2) is 24.3 Å². The number of aliphatic hydroxyl groups excluding tert-OH is 1. The Morgan fingerprint density at radius 2 is 1.92 bits per heavy atom. The van der Waals surface area contributed by atoms with Gasteiger partial charge in [0, 0.05) is 12.5 Å². The molecule has 0 radical (unpaired) electrons. The summed E-state index contributed by atoms with van der Waals surface area (Å²) in [4.78, 5) is 0. The molecule has 1 heteroatoms. The molecule has 1 N–H and O–H groups in total. The smallest absolute Gasteiger partial charge is 0.0499 e.